The van der Waals surface area contributed by atoms with Crippen LogP contribution in [0.4, 0.5) is 5.69 Å². The molecule has 0 fully saturated rings. The maximum absolute atomic E-state index is 5.17. The third-order valence-electron chi connectivity index (χ3n) is 1.03. The van der Waals surface area contributed by atoms with Crippen molar-refractivity contribution in [3.05, 3.63) is 28.7 Å². The Morgan fingerprint density at radius 3 is 2.30 bits per heavy atom. The highest BCUT2D eigenvalue weighted by Gasteiger charge is 1.91. The largest absolute Gasteiger partial charge is 1.00 e. The minimum atomic E-state index is 0. The SMILES string of the molecule is NNc1ccccc1Br.[Cl-]. The predicted octanol–water partition coefficient (Wildman–Crippen LogP) is -1.26. The monoisotopic (exact) mass is 221 g/mol. The second-order valence-corrected chi connectivity index (χ2v) is 2.48. The Kier molecular flexibility index (Phi) is 4.43. The first-order chi connectivity index (χ1) is 4.34. The minimum Gasteiger partial charge on any atom is -1.00 e. The van der Waals surface area contributed by atoms with Crippen LogP contribution in [0.5, 0.6) is 0 Å². The Bertz CT molecular complexity index is 205. The summed E-state index contributed by atoms with van der Waals surface area (Å²) >= 11 is 3.31. The molecular weight excluding hydrogens is 215 g/mol. The van der Waals surface area contributed by atoms with Crippen molar-refractivity contribution in [1.82, 2.24) is 0 Å². The molecule has 3 N–H and O–H groups in total. The summed E-state index contributed by atoms with van der Waals surface area (Å²) in [5.41, 5.74) is 3.45. The van der Waals surface area contributed by atoms with Gasteiger partial charge in [0.15, 0.2) is 0 Å². The van der Waals surface area contributed by atoms with Crippen LogP contribution >= 0.6 is 15.9 Å². The summed E-state index contributed by atoms with van der Waals surface area (Å²) in [5, 5.41) is 0. The van der Waals surface area contributed by atoms with Gasteiger partial charge in [0.1, 0.15) is 0 Å². The third-order valence-corrected chi connectivity index (χ3v) is 1.72. The van der Waals surface area contributed by atoms with Gasteiger partial charge in [0.25, 0.3) is 0 Å². The number of para-hydroxylation sites is 1. The number of halogens is 2. The number of hydrogen-bond acceptors (Lipinski definition) is 2. The van der Waals surface area contributed by atoms with Crippen LogP contribution in [-0.4, -0.2) is 0 Å². The van der Waals surface area contributed by atoms with Crippen molar-refractivity contribution in [1.29, 1.82) is 0 Å². The first kappa shape index (κ1) is 9.75. The van der Waals surface area contributed by atoms with Gasteiger partial charge >= 0.3 is 0 Å². The average Bonchev–Trinajstić information content (AvgIpc) is 1.89. The van der Waals surface area contributed by atoms with E-state index in [1.54, 1.807) is 0 Å². The fourth-order valence-corrected chi connectivity index (χ4v) is 0.978. The van der Waals surface area contributed by atoms with Crippen molar-refractivity contribution in [2.75, 3.05) is 5.43 Å². The first-order valence-corrected chi connectivity index (χ1v) is 3.35. The summed E-state index contributed by atoms with van der Waals surface area (Å²) in [6.45, 7) is 0. The molecule has 0 radical (unpaired) electrons. The quantitative estimate of drug-likeness (QED) is 0.460. The lowest BCUT2D eigenvalue weighted by Gasteiger charge is -1.99. The van der Waals surface area contributed by atoms with E-state index in [1.165, 1.54) is 0 Å². The van der Waals surface area contributed by atoms with E-state index < -0.39 is 0 Å². The normalized spacial score (nSPS) is 8.20. The number of benzene rings is 1. The minimum absolute atomic E-state index is 0. The number of hydrogen-bond donors (Lipinski definition) is 2. The van der Waals surface area contributed by atoms with Crippen LogP contribution in [0, 0.1) is 0 Å². The number of hydrazine groups is 1. The highest BCUT2D eigenvalue weighted by Crippen LogP contribution is 2.19. The summed E-state index contributed by atoms with van der Waals surface area (Å²) in [5.74, 6) is 5.17. The van der Waals surface area contributed by atoms with Gasteiger partial charge in [-0.3, -0.25) is 5.84 Å². The molecule has 0 saturated carbocycles. The summed E-state index contributed by atoms with van der Waals surface area (Å²) in [6.07, 6.45) is 0. The summed E-state index contributed by atoms with van der Waals surface area (Å²) in [4.78, 5) is 0. The van der Waals surface area contributed by atoms with Gasteiger partial charge in [0.05, 0.1) is 5.69 Å². The fourth-order valence-electron chi connectivity index (χ4n) is 0.578. The van der Waals surface area contributed by atoms with E-state index in [0.29, 0.717) is 0 Å². The Morgan fingerprint density at radius 1 is 1.30 bits per heavy atom. The topological polar surface area (TPSA) is 38.0 Å². The highest BCUT2D eigenvalue weighted by atomic mass is 79.9. The average molecular weight is 222 g/mol. The van der Waals surface area contributed by atoms with E-state index in [1.807, 2.05) is 24.3 Å². The van der Waals surface area contributed by atoms with Crippen molar-refractivity contribution in [2.24, 2.45) is 5.84 Å². The molecule has 0 bridgehead atoms. The molecule has 10 heavy (non-hydrogen) atoms. The van der Waals surface area contributed by atoms with Gasteiger partial charge in [-0.2, -0.15) is 0 Å². The molecule has 0 amide bonds. The molecule has 2 nitrogen and oxygen atoms in total. The summed E-state index contributed by atoms with van der Waals surface area (Å²) in [7, 11) is 0. The van der Waals surface area contributed by atoms with E-state index in [9.17, 15) is 0 Å². The molecule has 0 atom stereocenters. The molecule has 0 aliphatic rings. The van der Waals surface area contributed by atoms with Crippen LogP contribution in [-0.2, 0) is 0 Å². The van der Waals surface area contributed by atoms with E-state index >= 15 is 0 Å². The summed E-state index contributed by atoms with van der Waals surface area (Å²) < 4.78 is 0.979. The second-order valence-electron chi connectivity index (χ2n) is 1.62. The van der Waals surface area contributed by atoms with Crippen molar-refractivity contribution in [3.8, 4) is 0 Å². The molecule has 0 spiro atoms. The molecule has 0 heterocycles. The van der Waals surface area contributed by atoms with E-state index in [-0.39, 0.29) is 12.4 Å². The maximum atomic E-state index is 5.17. The molecule has 0 aliphatic carbocycles. The van der Waals surface area contributed by atoms with E-state index in [2.05, 4.69) is 21.4 Å². The van der Waals surface area contributed by atoms with Gasteiger partial charge in [0, 0.05) is 4.47 Å². The van der Waals surface area contributed by atoms with Gasteiger partial charge in [-0.05, 0) is 28.1 Å². The third kappa shape index (κ3) is 2.17. The van der Waals surface area contributed by atoms with Gasteiger partial charge in [-0.25, -0.2) is 0 Å². The van der Waals surface area contributed by atoms with Crippen LogP contribution in [0.15, 0.2) is 28.7 Å². The zero-order valence-electron chi connectivity index (χ0n) is 5.14. The molecule has 0 unspecified atom stereocenters. The van der Waals surface area contributed by atoms with Crippen molar-refractivity contribution in [2.45, 2.75) is 0 Å². The Balaban J connectivity index is 0.000000810. The highest BCUT2D eigenvalue weighted by molar-refractivity contribution is 9.10. The van der Waals surface area contributed by atoms with Crippen LogP contribution in [0.1, 0.15) is 0 Å². The molecule has 1 rings (SSSR count). The van der Waals surface area contributed by atoms with Crippen LogP contribution < -0.4 is 23.7 Å². The first-order valence-electron chi connectivity index (χ1n) is 2.56. The smallest absolute Gasteiger partial charge is 0.0627 e. The van der Waals surface area contributed by atoms with E-state index in [0.717, 1.165) is 10.2 Å². The van der Waals surface area contributed by atoms with E-state index in [4.69, 9.17) is 5.84 Å². The Labute approximate surface area is 74.3 Å². The molecule has 0 aliphatic heterocycles. The molecular formula is C6H7BrClN2-. The zero-order chi connectivity index (χ0) is 6.69. The standard InChI is InChI=1S/C6H7BrN2.ClH/c7-5-3-1-2-4-6(5)9-8;/h1-4,9H,8H2;1H/p-1. The lowest BCUT2D eigenvalue weighted by molar-refractivity contribution is -0.00000177. The van der Waals surface area contributed by atoms with Crippen LogP contribution in [0.2, 0.25) is 0 Å². The number of nitrogens with one attached hydrogen (secondary N) is 1. The van der Waals surface area contributed by atoms with Gasteiger partial charge < -0.3 is 17.8 Å². The predicted molar refractivity (Wildman–Crippen MR) is 42.0 cm³/mol. The number of nitrogens with two attached hydrogens (primary N) is 1. The number of nitrogen functional groups attached to an aromatic ring is 1. The molecule has 1 aromatic carbocycles. The van der Waals surface area contributed by atoms with Crippen LogP contribution in [0.3, 0.4) is 0 Å². The zero-order valence-corrected chi connectivity index (χ0v) is 7.48. The lowest BCUT2D eigenvalue weighted by atomic mass is 10.3. The Morgan fingerprint density at radius 2 is 1.90 bits per heavy atom. The fraction of sp³-hybridized carbons (Fsp3) is 0. The van der Waals surface area contributed by atoms with Crippen molar-refractivity contribution < 1.29 is 12.4 Å². The van der Waals surface area contributed by atoms with Gasteiger partial charge in [-0.15, -0.1) is 0 Å². The molecule has 4 heteroatoms. The lowest BCUT2D eigenvalue weighted by Crippen LogP contribution is -3.00. The van der Waals surface area contributed by atoms with Crippen molar-refractivity contribution in [3.63, 3.8) is 0 Å². The second kappa shape index (κ2) is 4.55. The van der Waals surface area contributed by atoms with Crippen molar-refractivity contribution >= 4 is 21.6 Å². The number of anilines is 1. The maximum Gasteiger partial charge on any atom is 0.0627 e. The van der Waals surface area contributed by atoms with Gasteiger partial charge in [0.2, 0.25) is 0 Å². The molecule has 1 aromatic rings. The molecule has 0 aromatic heterocycles. The Hall–Kier alpha value is -0.250. The molecule has 0 saturated heterocycles. The van der Waals surface area contributed by atoms with Gasteiger partial charge in [-0.1, -0.05) is 12.1 Å². The number of rotatable bonds is 1. The molecule has 56 valence electrons. The summed E-state index contributed by atoms with van der Waals surface area (Å²) in [6, 6.07) is 7.67. The van der Waals surface area contributed by atoms with Crippen LogP contribution in [0.25, 0.3) is 0 Å².